The van der Waals surface area contributed by atoms with Gasteiger partial charge in [0.25, 0.3) is 0 Å². The molecule has 0 saturated heterocycles. The van der Waals surface area contributed by atoms with E-state index in [0.717, 1.165) is 34.9 Å². The molecular weight excluding hydrogens is 284 g/mol. The summed E-state index contributed by atoms with van der Waals surface area (Å²) >= 11 is 1.74. The highest BCUT2D eigenvalue weighted by Gasteiger charge is 2.08. The van der Waals surface area contributed by atoms with Gasteiger partial charge in [-0.1, -0.05) is 23.4 Å². The van der Waals surface area contributed by atoms with E-state index in [4.69, 9.17) is 10.9 Å². The number of thiazole rings is 1. The van der Waals surface area contributed by atoms with Gasteiger partial charge in [-0.05, 0) is 32.5 Å². The standard InChI is InChI=1S/C15H20N4OS/c1-10-11(2)21-14(17-10)9-19(3)8-12-5-4-6-13(7-12)15(16)18-20/h4-7,20H,8-9H2,1-3H3,(H2,16,18). The number of benzene rings is 1. The van der Waals surface area contributed by atoms with Gasteiger partial charge in [-0.15, -0.1) is 11.3 Å². The van der Waals surface area contributed by atoms with Gasteiger partial charge in [0.1, 0.15) is 5.01 Å². The summed E-state index contributed by atoms with van der Waals surface area (Å²) in [5.41, 5.74) is 8.57. The fraction of sp³-hybridized carbons (Fsp3) is 0.333. The second-order valence-corrected chi connectivity index (χ2v) is 6.39. The zero-order chi connectivity index (χ0) is 15.4. The Morgan fingerprint density at radius 3 is 2.76 bits per heavy atom. The molecule has 3 N–H and O–H groups in total. The maximum Gasteiger partial charge on any atom is 0.170 e. The molecule has 1 aromatic heterocycles. The molecule has 0 atom stereocenters. The molecule has 6 heteroatoms. The van der Waals surface area contributed by atoms with Crippen molar-refractivity contribution in [2.45, 2.75) is 26.9 Å². The Morgan fingerprint density at radius 2 is 2.14 bits per heavy atom. The zero-order valence-corrected chi connectivity index (χ0v) is 13.3. The largest absolute Gasteiger partial charge is 0.409 e. The van der Waals surface area contributed by atoms with Gasteiger partial charge in [0, 0.05) is 17.0 Å². The van der Waals surface area contributed by atoms with E-state index in [0.29, 0.717) is 0 Å². The third-order valence-electron chi connectivity index (χ3n) is 3.26. The first-order valence-corrected chi connectivity index (χ1v) is 7.49. The molecule has 21 heavy (non-hydrogen) atoms. The Labute approximate surface area is 128 Å². The van der Waals surface area contributed by atoms with Gasteiger partial charge in [-0.25, -0.2) is 4.98 Å². The van der Waals surface area contributed by atoms with Crippen molar-refractivity contribution in [3.05, 3.63) is 51.0 Å². The number of amidine groups is 1. The van der Waals surface area contributed by atoms with Crippen molar-refractivity contribution >= 4 is 17.2 Å². The lowest BCUT2D eigenvalue weighted by Crippen LogP contribution is -2.18. The van der Waals surface area contributed by atoms with Crippen LogP contribution < -0.4 is 5.73 Å². The summed E-state index contributed by atoms with van der Waals surface area (Å²) < 4.78 is 0. The molecule has 5 nitrogen and oxygen atoms in total. The van der Waals surface area contributed by atoms with Gasteiger partial charge < -0.3 is 10.9 Å². The van der Waals surface area contributed by atoms with E-state index >= 15 is 0 Å². The first kappa shape index (κ1) is 15.5. The molecule has 0 aliphatic rings. The number of nitrogens with two attached hydrogens (primary N) is 1. The normalized spacial score (nSPS) is 12.1. The molecule has 0 spiro atoms. The molecule has 0 aliphatic heterocycles. The Morgan fingerprint density at radius 1 is 1.38 bits per heavy atom. The molecule has 1 heterocycles. The Balaban J connectivity index is 2.04. The second kappa shape index (κ2) is 6.69. The van der Waals surface area contributed by atoms with Crippen molar-refractivity contribution in [2.75, 3.05) is 7.05 Å². The minimum absolute atomic E-state index is 0.130. The van der Waals surface area contributed by atoms with Gasteiger partial charge in [0.05, 0.1) is 12.2 Å². The van der Waals surface area contributed by atoms with E-state index in [1.165, 1.54) is 4.88 Å². The van der Waals surface area contributed by atoms with Crippen LogP contribution in [-0.4, -0.2) is 28.0 Å². The molecule has 0 bridgehead atoms. The summed E-state index contributed by atoms with van der Waals surface area (Å²) in [6, 6.07) is 7.70. The van der Waals surface area contributed by atoms with Crippen molar-refractivity contribution in [3.8, 4) is 0 Å². The Bertz CT molecular complexity index is 631. The van der Waals surface area contributed by atoms with Crippen LogP contribution in [0.5, 0.6) is 0 Å². The van der Waals surface area contributed by atoms with E-state index < -0.39 is 0 Å². The Kier molecular flexibility index (Phi) is 4.93. The predicted octanol–water partition coefficient (Wildman–Crippen LogP) is 2.49. The van der Waals surface area contributed by atoms with Crippen LogP contribution in [-0.2, 0) is 13.1 Å². The van der Waals surface area contributed by atoms with Gasteiger partial charge in [-0.3, -0.25) is 4.90 Å². The zero-order valence-electron chi connectivity index (χ0n) is 12.5. The fourth-order valence-corrected chi connectivity index (χ4v) is 3.11. The van der Waals surface area contributed by atoms with Crippen molar-refractivity contribution in [1.29, 1.82) is 0 Å². The van der Waals surface area contributed by atoms with E-state index in [1.807, 2.05) is 31.2 Å². The van der Waals surface area contributed by atoms with Crippen molar-refractivity contribution < 1.29 is 5.21 Å². The number of aryl methyl sites for hydroxylation is 2. The maximum atomic E-state index is 8.73. The summed E-state index contributed by atoms with van der Waals surface area (Å²) in [5.74, 6) is 0.130. The van der Waals surface area contributed by atoms with Crippen molar-refractivity contribution in [2.24, 2.45) is 10.9 Å². The molecule has 0 radical (unpaired) electrons. The van der Waals surface area contributed by atoms with Crippen LogP contribution in [0.2, 0.25) is 0 Å². The minimum Gasteiger partial charge on any atom is -0.409 e. The predicted molar refractivity (Wildman–Crippen MR) is 85.7 cm³/mol. The Hall–Kier alpha value is -1.92. The summed E-state index contributed by atoms with van der Waals surface area (Å²) in [7, 11) is 2.06. The van der Waals surface area contributed by atoms with Crippen LogP contribution in [0.1, 0.15) is 26.7 Å². The van der Waals surface area contributed by atoms with Crippen molar-refractivity contribution in [3.63, 3.8) is 0 Å². The molecule has 0 amide bonds. The molecule has 2 aromatic rings. The number of rotatable bonds is 5. The average Bonchev–Trinajstić information content (AvgIpc) is 2.76. The second-order valence-electron chi connectivity index (χ2n) is 5.11. The summed E-state index contributed by atoms with van der Waals surface area (Å²) in [6.45, 7) is 5.73. The van der Waals surface area contributed by atoms with Gasteiger partial charge in [-0.2, -0.15) is 0 Å². The van der Waals surface area contributed by atoms with Crippen LogP contribution in [0.3, 0.4) is 0 Å². The van der Waals surface area contributed by atoms with E-state index in [2.05, 4.69) is 29.0 Å². The highest BCUT2D eigenvalue weighted by Crippen LogP contribution is 2.18. The third kappa shape index (κ3) is 4.03. The summed E-state index contributed by atoms with van der Waals surface area (Å²) in [6.07, 6.45) is 0. The molecule has 0 fully saturated rings. The minimum atomic E-state index is 0.130. The van der Waals surface area contributed by atoms with Crippen LogP contribution in [0.25, 0.3) is 0 Å². The monoisotopic (exact) mass is 304 g/mol. The molecule has 112 valence electrons. The molecular formula is C15H20N4OS. The number of aromatic nitrogens is 1. The molecule has 0 saturated carbocycles. The first-order chi connectivity index (χ1) is 9.99. The lowest BCUT2D eigenvalue weighted by Gasteiger charge is -2.15. The molecule has 1 aromatic carbocycles. The smallest absolute Gasteiger partial charge is 0.170 e. The number of oxime groups is 1. The highest BCUT2D eigenvalue weighted by molar-refractivity contribution is 7.11. The van der Waals surface area contributed by atoms with Crippen LogP contribution in [0.4, 0.5) is 0 Å². The number of hydrogen-bond donors (Lipinski definition) is 2. The van der Waals surface area contributed by atoms with E-state index in [-0.39, 0.29) is 5.84 Å². The fourth-order valence-electron chi connectivity index (χ4n) is 2.09. The number of hydrogen-bond acceptors (Lipinski definition) is 5. The summed E-state index contributed by atoms with van der Waals surface area (Å²) in [5, 5.41) is 12.9. The molecule has 2 rings (SSSR count). The maximum absolute atomic E-state index is 8.73. The highest BCUT2D eigenvalue weighted by atomic mass is 32.1. The molecule has 0 aliphatic carbocycles. The quantitative estimate of drug-likeness (QED) is 0.385. The summed E-state index contributed by atoms with van der Waals surface area (Å²) in [4.78, 5) is 8.02. The lowest BCUT2D eigenvalue weighted by molar-refractivity contribution is 0.317. The van der Waals surface area contributed by atoms with Gasteiger partial charge >= 0.3 is 0 Å². The average molecular weight is 304 g/mol. The van der Waals surface area contributed by atoms with Crippen molar-refractivity contribution in [1.82, 2.24) is 9.88 Å². The third-order valence-corrected chi connectivity index (χ3v) is 4.32. The van der Waals surface area contributed by atoms with E-state index in [9.17, 15) is 0 Å². The molecule has 0 unspecified atom stereocenters. The number of nitrogens with zero attached hydrogens (tertiary/aromatic N) is 3. The van der Waals surface area contributed by atoms with Gasteiger partial charge in [0.15, 0.2) is 5.84 Å². The van der Waals surface area contributed by atoms with Crippen LogP contribution in [0.15, 0.2) is 29.4 Å². The van der Waals surface area contributed by atoms with Crippen LogP contribution >= 0.6 is 11.3 Å². The first-order valence-electron chi connectivity index (χ1n) is 6.68. The van der Waals surface area contributed by atoms with Crippen LogP contribution in [0, 0.1) is 13.8 Å². The van der Waals surface area contributed by atoms with E-state index in [1.54, 1.807) is 11.3 Å². The van der Waals surface area contributed by atoms with Gasteiger partial charge in [0.2, 0.25) is 0 Å². The SMILES string of the molecule is Cc1nc(CN(C)Cc2cccc(/C(N)=N/O)c2)sc1C. The topological polar surface area (TPSA) is 74.7 Å². The lowest BCUT2D eigenvalue weighted by atomic mass is 10.1.